The van der Waals surface area contributed by atoms with E-state index in [1.807, 2.05) is 12.1 Å². The second kappa shape index (κ2) is 15.3. The minimum atomic E-state index is -0.854. The van der Waals surface area contributed by atoms with Crippen molar-refractivity contribution in [1.82, 2.24) is 0 Å². The summed E-state index contributed by atoms with van der Waals surface area (Å²) in [6.45, 7) is 2.22. The summed E-state index contributed by atoms with van der Waals surface area (Å²) in [5, 5.41) is 2.79. The molecule has 0 aliphatic carbocycles. The molecule has 2 rings (SSSR count). The molecule has 7 heteroatoms. The molecule has 0 heterocycles. The number of hydrogen-bond donors (Lipinski definition) is 1. The Morgan fingerprint density at radius 2 is 1.49 bits per heavy atom. The second-order valence-corrected chi connectivity index (χ2v) is 8.14. The monoisotopic (exact) mass is 481 g/mol. The van der Waals surface area contributed by atoms with Crippen molar-refractivity contribution in [1.29, 1.82) is 0 Å². The molecule has 0 atom stereocenters. The predicted octanol–water partition coefficient (Wildman–Crippen LogP) is 5.84. The molecule has 0 bridgehead atoms. The first-order valence-corrected chi connectivity index (χ1v) is 12.0. The van der Waals surface area contributed by atoms with Gasteiger partial charge >= 0.3 is 11.9 Å². The van der Waals surface area contributed by atoms with Crippen LogP contribution >= 0.6 is 0 Å². The number of benzene rings is 2. The average molecular weight is 482 g/mol. The lowest BCUT2D eigenvalue weighted by atomic mass is 10.0. The molecule has 0 radical (unpaired) electrons. The van der Waals surface area contributed by atoms with Gasteiger partial charge in [0.15, 0.2) is 5.75 Å². The van der Waals surface area contributed by atoms with E-state index in [9.17, 15) is 14.4 Å². The van der Waals surface area contributed by atoms with Crippen LogP contribution in [0.15, 0.2) is 60.4 Å². The van der Waals surface area contributed by atoms with Crippen molar-refractivity contribution in [3.63, 3.8) is 0 Å². The van der Waals surface area contributed by atoms with E-state index in [1.165, 1.54) is 58.3 Å². The highest BCUT2D eigenvalue weighted by atomic mass is 16.6. The molecule has 1 amide bonds. The normalized spacial score (nSPS) is 11.0. The number of esters is 2. The molecule has 0 aromatic heterocycles. The van der Waals surface area contributed by atoms with E-state index in [0.717, 1.165) is 18.9 Å². The molecule has 0 fully saturated rings. The number of amides is 1. The summed E-state index contributed by atoms with van der Waals surface area (Å²) in [5.41, 5.74) is 2.04. The van der Waals surface area contributed by atoms with Crippen molar-refractivity contribution in [2.75, 3.05) is 19.5 Å². The quantitative estimate of drug-likeness (QED) is 0.158. The third-order valence-electron chi connectivity index (χ3n) is 5.48. The van der Waals surface area contributed by atoms with Gasteiger partial charge in [-0.2, -0.15) is 0 Å². The number of hydrogen-bond acceptors (Lipinski definition) is 6. The lowest BCUT2D eigenvalue weighted by Gasteiger charge is -2.13. The van der Waals surface area contributed by atoms with E-state index >= 15 is 0 Å². The summed E-state index contributed by atoms with van der Waals surface area (Å²) in [6.07, 6.45) is 10.7. The zero-order valence-electron chi connectivity index (χ0n) is 20.8. The maximum absolute atomic E-state index is 12.8. The van der Waals surface area contributed by atoms with Crippen molar-refractivity contribution < 1.29 is 28.6 Å². The summed E-state index contributed by atoms with van der Waals surface area (Å²) in [5.74, 6) is -2.13. The molecule has 1 N–H and O–H groups in total. The van der Waals surface area contributed by atoms with Gasteiger partial charge in [-0.05, 0) is 42.7 Å². The van der Waals surface area contributed by atoms with Crippen LogP contribution in [0, 0.1) is 0 Å². The molecule has 188 valence electrons. The largest absolute Gasteiger partial charge is 0.466 e. The number of anilines is 1. The Labute approximate surface area is 207 Å². The van der Waals surface area contributed by atoms with Crippen molar-refractivity contribution >= 4 is 23.5 Å². The Morgan fingerprint density at radius 1 is 0.829 bits per heavy atom. The molecule has 2 aromatic rings. The van der Waals surface area contributed by atoms with Crippen LogP contribution in [-0.4, -0.2) is 32.1 Å². The third-order valence-corrected chi connectivity index (χ3v) is 5.48. The summed E-state index contributed by atoms with van der Waals surface area (Å²) < 4.78 is 14.8. The fourth-order valence-corrected chi connectivity index (χ4v) is 3.48. The third kappa shape index (κ3) is 9.65. The Balaban J connectivity index is 1.99. The van der Waals surface area contributed by atoms with Crippen LogP contribution in [-0.2, 0) is 25.5 Å². The Bertz CT molecular complexity index is 997. The second-order valence-electron chi connectivity index (χ2n) is 8.14. The molecule has 0 unspecified atom stereocenters. The number of aryl methyl sites for hydroxylation is 1. The molecule has 7 nitrogen and oxygen atoms in total. The van der Waals surface area contributed by atoms with Gasteiger partial charge in [-0.3, -0.25) is 4.79 Å². The van der Waals surface area contributed by atoms with Gasteiger partial charge in [0, 0.05) is 5.56 Å². The smallest absolute Gasteiger partial charge is 0.374 e. The van der Waals surface area contributed by atoms with Gasteiger partial charge < -0.3 is 19.5 Å². The van der Waals surface area contributed by atoms with Crippen molar-refractivity contribution in [2.24, 2.45) is 0 Å². The number of carbonyl (C=O) groups is 3. The number of rotatable bonds is 14. The van der Waals surface area contributed by atoms with Gasteiger partial charge in [-0.1, -0.05) is 69.7 Å². The first-order valence-electron chi connectivity index (χ1n) is 12.0. The van der Waals surface area contributed by atoms with Gasteiger partial charge in [0.1, 0.15) is 0 Å². The zero-order valence-corrected chi connectivity index (χ0v) is 20.8. The zero-order chi connectivity index (χ0) is 25.5. The molecular weight excluding hydrogens is 446 g/mol. The van der Waals surface area contributed by atoms with Gasteiger partial charge in [0.25, 0.3) is 5.91 Å². The molecule has 0 saturated heterocycles. The van der Waals surface area contributed by atoms with Crippen LogP contribution in [0.2, 0.25) is 0 Å². The molecular formula is C28H35NO6. The fourth-order valence-electron chi connectivity index (χ4n) is 3.48. The summed E-state index contributed by atoms with van der Waals surface area (Å²) in [6, 6.07) is 14.1. The number of nitrogens with one attached hydrogen (secondary N) is 1. The van der Waals surface area contributed by atoms with Gasteiger partial charge in [0.2, 0.25) is 5.76 Å². The van der Waals surface area contributed by atoms with Crippen LogP contribution in [0.25, 0.3) is 0 Å². The van der Waals surface area contributed by atoms with Crippen LogP contribution in [0.5, 0.6) is 5.75 Å². The standard InChI is InChI=1S/C28H35NO6/c1-4-5-6-7-8-9-10-13-21-16-18-22(19-17-21)27(31)29-23-14-11-12-15-24(23)35-25(28(32)34-3)20-26(30)33-2/h11-12,14-20H,4-10,13H2,1-3H3,(H,29,31)/b25-20+. The first-order chi connectivity index (χ1) is 17.0. The van der Waals surface area contributed by atoms with E-state index in [0.29, 0.717) is 11.3 Å². The van der Waals surface area contributed by atoms with E-state index in [2.05, 4.69) is 21.7 Å². The van der Waals surface area contributed by atoms with Crippen molar-refractivity contribution in [3.8, 4) is 5.75 Å². The van der Waals surface area contributed by atoms with Crippen molar-refractivity contribution in [3.05, 3.63) is 71.5 Å². The highest BCUT2D eigenvalue weighted by Gasteiger charge is 2.18. The Hall–Kier alpha value is -3.61. The number of carbonyl (C=O) groups excluding carboxylic acids is 3. The fraction of sp³-hybridized carbons (Fsp3) is 0.393. The first kappa shape index (κ1) is 27.6. The number of para-hydroxylation sites is 2. The minimum absolute atomic E-state index is 0.178. The molecule has 35 heavy (non-hydrogen) atoms. The molecule has 0 saturated carbocycles. The molecule has 0 spiro atoms. The molecule has 2 aromatic carbocycles. The maximum atomic E-state index is 12.8. The topological polar surface area (TPSA) is 90.9 Å². The number of ether oxygens (including phenoxy) is 3. The summed E-state index contributed by atoms with van der Waals surface area (Å²) >= 11 is 0. The number of unbranched alkanes of at least 4 members (excludes halogenated alkanes) is 6. The Morgan fingerprint density at radius 3 is 2.14 bits per heavy atom. The number of methoxy groups -OCH3 is 2. The lowest BCUT2D eigenvalue weighted by Crippen LogP contribution is -2.16. The Kier molecular flexibility index (Phi) is 12.1. The van der Waals surface area contributed by atoms with Crippen molar-refractivity contribution in [2.45, 2.75) is 58.3 Å². The van der Waals surface area contributed by atoms with E-state index in [-0.39, 0.29) is 17.4 Å². The van der Waals surface area contributed by atoms with Crippen LogP contribution in [0.1, 0.15) is 67.8 Å². The maximum Gasteiger partial charge on any atom is 0.374 e. The molecule has 0 aliphatic heterocycles. The highest BCUT2D eigenvalue weighted by molar-refractivity contribution is 6.05. The van der Waals surface area contributed by atoms with Crippen LogP contribution in [0.4, 0.5) is 5.69 Å². The lowest BCUT2D eigenvalue weighted by molar-refractivity contribution is -0.140. The van der Waals surface area contributed by atoms with Gasteiger partial charge in [-0.15, -0.1) is 0 Å². The SMILES string of the molecule is CCCCCCCCCc1ccc(C(=O)Nc2ccccc2O/C(=C/C(=O)OC)C(=O)OC)cc1. The van der Waals surface area contributed by atoms with E-state index < -0.39 is 11.9 Å². The predicted molar refractivity (Wildman–Crippen MR) is 135 cm³/mol. The van der Waals surface area contributed by atoms with Crippen LogP contribution in [0.3, 0.4) is 0 Å². The minimum Gasteiger partial charge on any atom is -0.466 e. The van der Waals surface area contributed by atoms with Gasteiger partial charge in [-0.25, -0.2) is 9.59 Å². The highest BCUT2D eigenvalue weighted by Crippen LogP contribution is 2.27. The average Bonchev–Trinajstić information content (AvgIpc) is 2.88. The van der Waals surface area contributed by atoms with Crippen LogP contribution < -0.4 is 10.1 Å². The van der Waals surface area contributed by atoms with E-state index in [4.69, 9.17) is 4.74 Å². The van der Waals surface area contributed by atoms with Gasteiger partial charge in [0.05, 0.1) is 26.0 Å². The summed E-state index contributed by atoms with van der Waals surface area (Å²) in [7, 11) is 2.35. The van der Waals surface area contributed by atoms with E-state index in [1.54, 1.807) is 36.4 Å². The summed E-state index contributed by atoms with van der Waals surface area (Å²) in [4.78, 5) is 36.4. The molecule has 0 aliphatic rings.